The molecule has 34 heavy (non-hydrogen) atoms. The van der Waals surface area contributed by atoms with Crippen molar-refractivity contribution in [1.29, 1.82) is 0 Å². The number of rotatable bonds is 7. The average Bonchev–Trinajstić information content (AvgIpc) is 3.45. The van der Waals surface area contributed by atoms with E-state index in [9.17, 15) is 9.18 Å². The topological polar surface area (TPSA) is 88.6 Å². The van der Waals surface area contributed by atoms with Gasteiger partial charge in [0.25, 0.3) is 0 Å². The summed E-state index contributed by atoms with van der Waals surface area (Å²) in [5, 5.41) is 0.0544. The fourth-order valence-electron chi connectivity index (χ4n) is 3.96. The molecule has 1 saturated heterocycles. The smallest absolute Gasteiger partial charge is 0.351 e. The summed E-state index contributed by atoms with van der Waals surface area (Å²) in [6, 6.07) is 0. The Bertz CT molecular complexity index is 966. The number of ether oxygens (including phenoxy) is 1. The SMILES string of the molecule is CC(C)(C)[Si](C)(C)OC[C@@]1(C2CC2)O[C@@H](n2cc(F)c(N)nc2=O)CC1O[Si](C)(C)C(C)(C)C. The van der Waals surface area contributed by atoms with Gasteiger partial charge in [0.05, 0.1) is 18.9 Å². The highest BCUT2D eigenvalue weighted by atomic mass is 28.4. The first kappa shape index (κ1) is 27.5. The number of nitrogen functional groups attached to an aromatic ring is 1. The number of aromatic nitrogens is 2. The molecule has 10 heteroatoms. The van der Waals surface area contributed by atoms with Gasteiger partial charge in [-0.1, -0.05) is 41.5 Å². The molecule has 2 aliphatic rings. The molecule has 1 saturated carbocycles. The normalized spacial score (nSPS) is 26.8. The Morgan fingerprint density at radius 3 is 2.21 bits per heavy atom. The van der Waals surface area contributed by atoms with Crippen LogP contribution in [0.25, 0.3) is 0 Å². The fourth-order valence-corrected chi connectivity index (χ4v) is 6.34. The Morgan fingerprint density at radius 2 is 1.71 bits per heavy atom. The lowest BCUT2D eigenvalue weighted by atomic mass is 9.92. The van der Waals surface area contributed by atoms with Crippen molar-refractivity contribution in [2.24, 2.45) is 5.92 Å². The molecule has 1 aliphatic heterocycles. The van der Waals surface area contributed by atoms with Gasteiger partial charge >= 0.3 is 5.69 Å². The van der Waals surface area contributed by atoms with Crippen LogP contribution in [0, 0.1) is 11.7 Å². The molecule has 3 atom stereocenters. The van der Waals surface area contributed by atoms with E-state index in [0.717, 1.165) is 19.0 Å². The lowest BCUT2D eigenvalue weighted by Gasteiger charge is -2.45. The summed E-state index contributed by atoms with van der Waals surface area (Å²) in [5.41, 5.74) is 4.21. The molecule has 1 unspecified atom stereocenters. The van der Waals surface area contributed by atoms with E-state index in [1.165, 1.54) is 4.57 Å². The summed E-state index contributed by atoms with van der Waals surface area (Å²) in [5.74, 6) is -0.853. The number of nitrogens with zero attached hydrogens (tertiary/aromatic N) is 2. The molecule has 0 radical (unpaired) electrons. The molecular formula is C24H44FN3O4Si2. The number of nitrogens with two attached hydrogens (primary N) is 1. The summed E-state index contributed by atoms with van der Waals surface area (Å²) in [4.78, 5) is 16.3. The van der Waals surface area contributed by atoms with Crippen LogP contribution in [0.15, 0.2) is 11.0 Å². The second kappa shape index (κ2) is 8.79. The molecule has 2 fully saturated rings. The molecule has 194 valence electrons. The van der Waals surface area contributed by atoms with Crippen LogP contribution in [-0.2, 0) is 13.6 Å². The van der Waals surface area contributed by atoms with Crippen molar-refractivity contribution >= 4 is 22.5 Å². The zero-order chi connectivity index (χ0) is 25.9. The molecule has 2 N–H and O–H groups in total. The Balaban J connectivity index is 2.02. The lowest BCUT2D eigenvalue weighted by molar-refractivity contribution is -0.136. The van der Waals surface area contributed by atoms with Crippen molar-refractivity contribution in [2.75, 3.05) is 12.3 Å². The van der Waals surface area contributed by atoms with Gasteiger partial charge in [0, 0.05) is 6.42 Å². The third-order valence-corrected chi connectivity index (χ3v) is 17.5. The Hall–Kier alpha value is -1.08. The number of hydrogen-bond donors (Lipinski definition) is 1. The van der Waals surface area contributed by atoms with Crippen LogP contribution in [0.1, 0.15) is 67.0 Å². The van der Waals surface area contributed by atoms with Crippen LogP contribution >= 0.6 is 0 Å². The Morgan fingerprint density at radius 1 is 1.15 bits per heavy atom. The van der Waals surface area contributed by atoms with E-state index in [4.69, 9.17) is 19.3 Å². The number of anilines is 1. The fraction of sp³-hybridized carbons (Fsp3) is 0.833. The van der Waals surface area contributed by atoms with E-state index in [2.05, 4.69) is 72.7 Å². The van der Waals surface area contributed by atoms with E-state index in [-0.39, 0.29) is 22.1 Å². The summed E-state index contributed by atoms with van der Waals surface area (Å²) in [6.45, 7) is 22.6. The molecule has 0 bridgehead atoms. The average molecular weight is 514 g/mol. The highest BCUT2D eigenvalue weighted by molar-refractivity contribution is 6.74. The molecule has 2 heterocycles. The highest BCUT2D eigenvalue weighted by Crippen LogP contribution is 2.54. The largest absolute Gasteiger partial charge is 0.414 e. The van der Waals surface area contributed by atoms with Gasteiger partial charge in [-0.05, 0) is 55.0 Å². The molecule has 0 amide bonds. The van der Waals surface area contributed by atoms with Crippen molar-refractivity contribution in [2.45, 2.75) is 115 Å². The van der Waals surface area contributed by atoms with Crippen molar-refractivity contribution in [3.63, 3.8) is 0 Å². The van der Waals surface area contributed by atoms with Crippen molar-refractivity contribution in [3.8, 4) is 0 Å². The molecule has 7 nitrogen and oxygen atoms in total. The van der Waals surface area contributed by atoms with Gasteiger partial charge in [0.2, 0.25) is 0 Å². The number of halogens is 1. The summed E-state index contributed by atoms with van der Waals surface area (Å²) < 4.78 is 35.9. The minimum atomic E-state index is -2.17. The van der Waals surface area contributed by atoms with Gasteiger partial charge in [0.1, 0.15) is 11.8 Å². The summed E-state index contributed by atoms with van der Waals surface area (Å²) >= 11 is 0. The van der Waals surface area contributed by atoms with Crippen LogP contribution in [-0.4, -0.2) is 44.5 Å². The van der Waals surface area contributed by atoms with E-state index in [1.54, 1.807) is 0 Å². The third-order valence-electron chi connectivity index (χ3n) is 8.54. The van der Waals surface area contributed by atoms with Crippen molar-refractivity contribution < 1.29 is 18.0 Å². The van der Waals surface area contributed by atoms with Gasteiger partial charge in [-0.25, -0.2) is 9.18 Å². The molecule has 1 aromatic rings. The second-order valence-corrected chi connectivity index (χ2v) is 22.7. The zero-order valence-electron chi connectivity index (χ0n) is 22.6. The van der Waals surface area contributed by atoms with Gasteiger partial charge in [-0.15, -0.1) is 0 Å². The van der Waals surface area contributed by atoms with Gasteiger partial charge in [-0.3, -0.25) is 4.57 Å². The van der Waals surface area contributed by atoms with Crippen LogP contribution < -0.4 is 11.4 Å². The van der Waals surface area contributed by atoms with Gasteiger partial charge in [0.15, 0.2) is 28.3 Å². The van der Waals surface area contributed by atoms with E-state index < -0.39 is 45.8 Å². The van der Waals surface area contributed by atoms with Crippen LogP contribution in [0.2, 0.25) is 36.3 Å². The summed E-state index contributed by atoms with van der Waals surface area (Å²) in [6.07, 6.45) is 2.64. The van der Waals surface area contributed by atoms with Gasteiger partial charge < -0.3 is 19.3 Å². The maximum Gasteiger partial charge on any atom is 0.351 e. The van der Waals surface area contributed by atoms with Crippen molar-refractivity contribution in [3.05, 3.63) is 22.5 Å². The maximum atomic E-state index is 14.3. The predicted molar refractivity (Wildman–Crippen MR) is 138 cm³/mol. The third kappa shape index (κ3) is 5.21. The molecule has 1 aliphatic carbocycles. The maximum absolute atomic E-state index is 14.3. The van der Waals surface area contributed by atoms with Crippen molar-refractivity contribution in [1.82, 2.24) is 9.55 Å². The first-order valence-electron chi connectivity index (χ1n) is 12.3. The first-order valence-corrected chi connectivity index (χ1v) is 18.2. The van der Waals surface area contributed by atoms with Gasteiger partial charge in [-0.2, -0.15) is 4.98 Å². The minimum Gasteiger partial charge on any atom is -0.414 e. The predicted octanol–water partition coefficient (Wildman–Crippen LogP) is 5.44. The molecule has 1 aromatic heterocycles. The Labute approximate surface area is 205 Å². The van der Waals surface area contributed by atoms with Crippen LogP contribution in [0.5, 0.6) is 0 Å². The van der Waals surface area contributed by atoms with E-state index in [1.807, 2.05) is 0 Å². The number of hydrogen-bond acceptors (Lipinski definition) is 6. The molecule has 0 spiro atoms. The lowest BCUT2D eigenvalue weighted by Crippen LogP contribution is -2.56. The standard InChI is InChI=1S/C24H44FN3O4Si2/c1-22(2,3)33(7,8)30-15-24(16-11-12-16)18(32-34(9,10)23(4,5)6)13-19(31-24)28-14-17(25)20(26)27-21(28)29/h14,16,18-19H,11-13,15H2,1-10H3,(H2,26,27,29)/t18?,19-,24+/m1/s1. The second-order valence-electron chi connectivity index (χ2n) is 13.1. The monoisotopic (exact) mass is 513 g/mol. The van der Waals surface area contributed by atoms with E-state index in [0.29, 0.717) is 13.0 Å². The minimum absolute atomic E-state index is 0.00631. The zero-order valence-corrected chi connectivity index (χ0v) is 24.6. The van der Waals surface area contributed by atoms with Crippen LogP contribution in [0.4, 0.5) is 10.2 Å². The molecular weight excluding hydrogens is 469 g/mol. The Kier molecular flexibility index (Phi) is 7.11. The summed E-state index contributed by atoms with van der Waals surface area (Å²) in [7, 11) is -4.25. The molecule has 0 aromatic carbocycles. The van der Waals surface area contributed by atoms with E-state index >= 15 is 0 Å². The quantitative estimate of drug-likeness (QED) is 0.488. The first-order chi connectivity index (χ1) is 15.3. The van der Waals surface area contributed by atoms with Crippen LogP contribution in [0.3, 0.4) is 0 Å². The highest BCUT2D eigenvalue weighted by Gasteiger charge is 2.61. The molecule has 3 rings (SSSR count).